The van der Waals surface area contributed by atoms with Crippen molar-refractivity contribution in [1.82, 2.24) is 0 Å². The third-order valence-corrected chi connectivity index (χ3v) is 3.42. The molecule has 2 rings (SSSR count). The molecular formula is C15H14BrNO3. The number of carboxylic acid groups (broad SMARTS) is 1. The van der Waals surface area contributed by atoms with E-state index in [-0.39, 0.29) is 5.56 Å². The van der Waals surface area contributed by atoms with E-state index in [2.05, 4.69) is 15.9 Å². The van der Waals surface area contributed by atoms with Crippen LogP contribution in [0.5, 0.6) is 5.75 Å². The Kier molecular flexibility index (Phi) is 4.29. The summed E-state index contributed by atoms with van der Waals surface area (Å²) in [7, 11) is 3.47. The smallest absolute Gasteiger partial charge is 0.335 e. The number of methoxy groups -OCH3 is 1. The predicted octanol–water partition coefficient (Wildman–Crippen LogP) is 3.92. The summed E-state index contributed by atoms with van der Waals surface area (Å²) in [4.78, 5) is 13.0. The minimum atomic E-state index is -0.957. The van der Waals surface area contributed by atoms with Crippen molar-refractivity contribution in [2.75, 3.05) is 19.1 Å². The number of nitrogens with zero attached hydrogens (tertiary/aromatic N) is 1. The van der Waals surface area contributed by atoms with E-state index in [4.69, 9.17) is 9.84 Å². The predicted molar refractivity (Wildman–Crippen MR) is 82.2 cm³/mol. The third-order valence-electron chi connectivity index (χ3n) is 2.96. The molecule has 0 bridgehead atoms. The van der Waals surface area contributed by atoms with Crippen LogP contribution in [0, 0.1) is 0 Å². The highest BCUT2D eigenvalue weighted by atomic mass is 79.9. The van der Waals surface area contributed by atoms with Gasteiger partial charge in [-0.15, -0.1) is 0 Å². The van der Waals surface area contributed by atoms with Gasteiger partial charge in [0.05, 0.1) is 18.4 Å². The molecule has 20 heavy (non-hydrogen) atoms. The fourth-order valence-corrected chi connectivity index (χ4v) is 2.42. The molecule has 0 radical (unpaired) electrons. The Balaban J connectivity index is 2.47. The number of hydrogen-bond donors (Lipinski definition) is 1. The monoisotopic (exact) mass is 335 g/mol. The Hall–Kier alpha value is -2.01. The van der Waals surface area contributed by atoms with Crippen molar-refractivity contribution in [2.24, 2.45) is 0 Å². The lowest BCUT2D eigenvalue weighted by atomic mass is 10.1. The van der Waals surface area contributed by atoms with Gasteiger partial charge in [0.2, 0.25) is 0 Å². The average Bonchev–Trinajstić information content (AvgIpc) is 2.45. The standard InChI is InChI=1S/C15H14BrNO3/c1-17(13-5-3-4-6-14(13)20-2)12-8-10(15(18)19)7-11(16)9-12/h3-9H,1-2H3,(H,18,19). The van der Waals surface area contributed by atoms with E-state index in [0.29, 0.717) is 4.47 Å². The van der Waals surface area contributed by atoms with Gasteiger partial charge in [-0.1, -0.05) is 28.1 Å². The topological polar surface area (TPSA) is 49.8 Å². The summed E-state index contributed by atoms with van der Waals surface area (Å²) in [6.07, 6.45) is 0. The Morgan fingerprint density at radius 2 is 1.95 bits per heavy atom. The maximum absolute atomic E-state index is 11.1. The Labute approximate surface area is 125 Å². The zero-order chi connectivity index (χ0) is 14.7. The van der Waals surface area contributed by atoms with Crippen molar-refractivity contribution in [1.29, 1.82) is 0 Å². The van der Waals surface area contributed by atoms with Crippen LogP contribution in [-0.2, 0) is 0 Å². The van der Waals surface area contributed by atoms with Crippen LogP contribution in [0.25, 0.3) is 0 Å². The highest BCUT2D eigenvalue weighted by Crippen LogP contribution is 2.33. The summed E-state index contributed by atoms with van der Waals surface area (Å²) in [5.41, 5.74) is 1.86. The molecule has 0 unspecified atom stereocenters. The molecule has 2 aromatic rings. The van der Waals surface area contributed by atoms with Crippen LogP contribution in [0.1, 0.15) is 10.4 Å². The highest BCUT2D eigenvalue weighted by Gasteiger charge is 2.13. The first-order valence-corrected chi connectivity index (χ1v) is 6.73. The minimum absolute atomic E-state index is 0.233. The number of carboxylic acids is 1. The van der Waals surface area contributed by atoms with Gasteiger partial charge < -0.3 is 14.7 Å². The maximum atomic E-state index is 11.1. The zero-order valence-corrected chi connectivity index (χ0v) is 12.7. The van der Waals surface area contributed by atoms with E-state index in [0.717, 1.165) is 17.1 Å². The summed E-state index contributed by atoms with van der Waals surface area (Å²) in [5.74, 6) is -0.229. The van der Waals surface area contributed by atoms with Gasteiger partial charge in [0.15, 0.2) is 0 Å². The van der Waals surface area contributed by atoms with Crippen LogP contribution in [0.4, 0.5) is 11.4 Å². The van der Waals surface area contributed by atoms with Crippen molar-refractivity contribution in [3.63, 3.8) is 0 Å². The molecule has 0 atom stereocenters. The first-order valence-electron chi connectivity index (χ1n) is 5.93. The summed E-state index contributed by atoms with van der Waals surface area (Å²) < 4.78 is 6.04. The molecule has 0 saturated carbocycles. The van der Waals surface area contributed by atoms with E-state index in [1.807, 2.05) is 42.3 Å². The molecule has 0 saturated heterocycles. The van der Waals surface area contributed by atoms with Gasteiger partial charge in [-0.3, -0.25) is 0 Å². The molecule has 104 valence electrons. The normalized spacial score (nSPS) is 10.2. The number of anilines is 2. The van der Waals surface area contributed by atoms with Crippen LogP contribution in [-0.4, -0.2) is 25.2 Å². The number of halogens is 1. The van der Waals surface area contributed by atoms with Crippen molar-refractivity contribution in [3.05, 3.63) is 52.5 Å². The first-order chi connectivity index (χ1) is 9.52. The van der Waals surface area contributed by atoms with E-state index >= 15 is 0 Å². The van der Waals surface area contributed by atoms with Gasteiger partial charge in [0.25, 0.3) is 0 Å². The molecule has 0 fully saturated rings. The average molecular weight is 336 g/mol. The van der Waals surface area contributed by atoms with Crippen LogP contribution < -0.4 is 9.64 Å². The first kappa shape index (κ1) is 14.4. The summed E-state index contributed by atoms with van der Waals surface area (Å²) in [5, 5.41) is 9.12. The van der Waals surface area contributed by atoms with Crippen molar-refractivity contribution >= 4 is 33.3 Å². The molecule has 0 amide bonds. The quantitative estimate of drug-likeness (QED) is 0.919. The van der Waals surface area contributed by atoms with Crippen LogP contribution in [0.2, 0.25) is 0 Å². The van der Waals surface area contributed by atoms with Gasteiger partial charge in [-0.2, -0.15) is 0 Å². The Bertz CT molecular complexity index is 643. The van der Waals surface area contributed by atoms with Gasteiger partial charge in [0.1, 0.15) is 5.75 Å². The van der Waals surface area contributed by atoms with Crippen LogP contribution in [0.3, 0.4) is 0 Å². The molecule has 0 heterocycles. The number of benzene rings is 2. The maximum Gasteiger partial charge on any atom is 0.335 e. The van der Waals surface area contributed by atoms with E-state index in [1.165, 1.54) is 0 Å². The fourth-order valence-electron chi connectivity index (χ4n) is 1.94. The molecule has 0 aliphatic carbocycles. The fraction of sp³-hybridized carbons (Fsp3) is 0.133. The minimum Gasteiger partial charge on any atom is -0.495 e. The number of rotatable bonds is 4. The van der Waals surface area contributed by atoms with Crippen molar-refractivity contribution < 1.29 is 14.6 Å². The van der Waals surface area contributed by atoms with E-state index in [9.17, 15) is 4.79 Å². The molecule has 0 aromatic heterocycles. The Morgan fingerprint density at radius 3 is 2.60 bits per heavy atom. The van der Waals surface area contributed by atoms with Crippen molar-refractivity contribution in [2.45, 2.75) is 0 Å². The molecule has 5 heteroatoms. The summed E-state index contributed by atoms with van der Waals surface area (Å²) in [6, 6.07) is 12.6. The highest BCUT2D eigenvalue weighted by molar-refractivity contribution is 9.10. The molecule has 1 N–H and O–H groups in total. The number of ether oxygens (including phenoxy) is 1. The zero-order valence-electron chi connectivity index (χ0n) is 11.1. The van der Waals surface area contributed by atoms with Crippen LogP contribution >= 0.6 is 15.9 Å². The largest absolute Gasteiger partial charge is 0.495 e. The third kappa shape index (κ3) is 2.93. The van der Waals surface area contributed by atoms with Crippen LogP contribution in [0.15, 0.2) is 46.9 Å². The molecule has 0 spiro atoms. The summed E-state index contributed by atoms with van der Waals surface area (Å²) in [6.45, 7) is 0. The van der Waals surface area contributed by atoms with Gasteiger partial charge in [-0.25, -0.2) is 4.79 Å². The molecular weight excluding hydrogens is 322 g/mol. The van der Waals surface area contributed by atoms with Crippen molar-refractivity contribution in [3.8, 4) is 5.75 Å². The van der Waals surface area contributed by atoms with E-state index < -0.39 is 5.97 Å². The number of para-hydroxylation sites is 2. The van der Waals surface area contributed by atoms with E-state index in [1.54, 1.807) is 19.2 Å². The molecule has 0 aliphatic rings. The molecule has 2 aromatic carbocycles. The second-order valence-corrected chi connectivity index (χ2v) is 5.15. The number of hydrogen-bond acceptors (Lipinski definition) is 3. The second kappa shape index (κ2) is 5.96. The SMILES string of the molecule is COc1ccccc1N(C)c1cc(Br)cc(C(=O)O)c1. The lowest BCUT2D eigenvalue weighted by molar-refractivity contribution is 0.0697. The van der Waals surface area contributed by atoms with Gasteiger partial charge in [0, 0.05) is 17.2 Å². The lowest BCUT2D eigenvalue weighted by Gasteiger charge is -2.22. The molecule has 4 nitrogen and oxygen atoms in total. The van der Waals surface area contributed by atoms with Gasteiger partial charge in [-0.05, 0) is 30.3 Å². The van der Waals surface area contributed by atoms with Gasteiger partial charge >= 0.3 is 5.97 Å². The summed E-state index contributed by atoms with van der Waals surface area (Å²) >= 11 is 3.34. The number of carbonyl (C=O) groups is 1. The molecule has 0 aliphatic heterocycles. The number of aromatic carboxylic acids is 1. The second-order valence-electron chi connectivity index (χ2n) is 4.23. The Morgan fingerprint density at radius 1 is 1.25 bits per heavy atom. The lowest BCUT2D eigenvalue weighted by Crippen LogP contribution is -2.11.